The molecule has 0 aliphatic carbocycles. The monoisotopic (exact) mass is 283 g/mol. The molecular formula is C15H17N5O. The summed E-state index contributed by atoms with van der Waals surface area (Å²) in [5.74, 6) is 0.0125. The Labute approximate surface area is 122 Å². The Balaban J connectivity index is 1.61. The van der Waals surface area contributed by atoms with Gasteiger partial charge in [0.05, 0.1) is 25.4 Å². The Hall–Kier alpha value is -2.63. The summed E-state index contributed by atoms with van der Waals surface area (Å²) in [5, 5.41) is 12.0. The Morgan fingerprint density at radius 3 is 2.81 bits per heavy atom. The van der Waals surface area contributed by atoms with E-state index in [1.165, 1.54) is 0 Å². The molecule has 6 heteroatoms. The van der Waals surface area contributed by atoms with Crippen molar-refractivity contribution in [2.24, 2.45) is 7.05 Å². The molecule has 0 saturated heterocycles. The minimum absolute atomic E-state index is 0.0125. The molecule has 1 amide bonds. The molecule has 1 N–H and O–H groups in total. The second-order valence-corrected chi connectivity index (χ2v) is 4.93. The maximum absolute atomic E-state index is 12.0. The number of para-hydroxylation sites is 1. The summed E-state index contributed by atoms with van der Waals surface area (Å²) in [6.07, 6.45) is 5.64. The Morgan fingerprint density at radius 1 is 1.24 bits per heavy atom. The summed E-state index contributed by atoms with van der Waals surface area (Å²) in [6.45, 7) is 1.10. The zero-order chi connectivity index (χ0) is 14.7. The van der Waals surface area contributed by atoms with Crippen LogP contribution in [0.1, 0.15) is 5.56 Å². The van der Waals surface area contributed by atoms with E-state index in [-0.39, 0.29) is 5.91 Å². The van der Waals surface area contributed by atoms with Gasteiger partial charge < -0.3 is 9.88 Å². The van der Waals surface area contributed by atoms with Crippen molar-refractivity contribution in [1.82, 2.24) is 24.9 Å². The predicted molar refractivity (Wildman–Crippen MR) is 79.7 cm³/mol. The van der Waals surface area contributed by atoms with E-state index in [1.54, 1.807) is 17.2 Å². The molecule has 3 rings (SSSR count). The van der Waals surface area contributed by atoms with Gasteiger partial charge in [0.1, 0.15) is 0 Å². The summed E-state index contributed by atoms with van der Waals surface area (Å²) in [7, 11) is 1.99. The molecule has 108 valence electrons. The number of nitrogens with one attached hydrogen (secondary N) is 1. The lowest BCUT2D eigenvalue weighted by atomic mass is 10.1. The second-order valence-electron chi connectivity index (χ2n) is 4.93. The fraction of sp³-hybridized carbons (Fsp3) is 0.267. The molecule has 0 aliphatic heterocycles. The van der Waals surface area contributed by atoms with Crippen molar-refractivity contribution in [2.45, 2.75) is 13.0 Å². The Bertz CT molecular complexity index is 745. The average Bonchev–Trinajstić information content (AvgIpc) is 3.09. The molecule has 0 bridgehead atoms. The van der Waals surface area contributed by atoms with E-state index in [4.69, 9.17) is 0 Å². The number of fused-ring (bicyclic) bond motifs is 1. The SMILES string of the molecule is Cn1cc(CC(=O)NCCn2nccn2)c2ccccc21. The fourth-order valence-electron chi connectivity index (χ4n) is 2.46. The molecule has 0 unspecified atom stereocenters. The highest BCUT2D eigenvalue weighted by Crippen LogP contribution is 2.20. The quantitative estimate of drug-likeness (QED) is 0.763. The van der Waals surface area contributed by atoms with Crippen molar-refractivity contribution in [2.75, 3.05) is 6.54 Å². The summed E-state index contributed by atoms with van der Waals surface area (Å²) in [5.41, 5.74) is 2.18. The maximum atomic E-state index is 12.0. The Kier molecular flexibility index (Phi) is 3.68. The first-order valence-electron chi connectivity index (χ1n) is 6.88. The van der Waals surface area contributed by atoms with Crippen LogP contribution in [0.25, 0.3) is 10.9 Å². The molecule has 3 aromatic rings. The second kappa shape index (κ2) is 5.78. The molecule has 6 nitrogen and oxygen atoms in total. The van der Waals surface area contributed by atoms with Gasteiger partial charge >= 0.3 is 0 Å². The first-order chi connectivity index (χ1) is 10.2. The van der Waals surface area contributed by atoms with Crippen molar-refractivity contribution in [3.63, 3.8) is 0 Å². The van der Waals surface area contributed by atoms with Gasteiger partial charge in [-0.15, -0.1) is 0 Å². The van der Waals surface area contributed by atoms with Crippen molar-refractivity contribution in [3.05, 3.63) is 48.4 Å². The zero-order valence-corrected chi connectivity index (χ0v) is 11.9. The van der Waals surface area contributed by atoms with Crippen LogP contribution in [0.15, 0.2) is 42.9 Å². The average molecular weight is 283 g/mol. The molecule has 0 fully saturated rings. The molecule has 2 heterocycles. The van der Waals surface area contributed by atoms with Crippen LogP contribution in [0.2, 0.25) is 0 Å². The van der Waals surface area contributed by atoms with Gasteiger partial charge in [-0.2, -0.15) is 15.0 Å². The minimum Gasteiger partial charge on any atom is -0.354 e. The van der Waals surface area contributed by atoms with Crippen molar-refractivity contribution >= 4 is 16.8 Å². The lowest BCUT2D eigenvalue weighted by molar-refractivity contribution is -0.120. The largest absolute Gasteiger partial charge is 0.354 e. The number of hydrogen-bond donors (Lipinski definition) is 1. The number of aromatic nitrogens is 4. The number of hydrogen-bond acceptors (Lipinski definition) is 3. The van der Waals surface area contributed by atoms with Crippen LogP contribution in [0.5, 0.6) is 0 Å². The first kappa shape index (κ1) is 13.4. The third kappa shape index (κ3) is 2.94. The maximum Gasteiger partial charge on any atom is 0.224 e. The van der Waals surface area contributed by atoms with E-state index in [0.717, 1.165) is 16.5 Å². The molecule has 0 spiro atoms. The van der Waals surface area contributed by atoms with Crippen LogP contribution in [0.3, 0.4) is 0 Å². The van der Waals surface area contributed by atoms with E-state index in [0.29, 0.717) is 19.5 Å². The van der Waals surface area contributed by atoms with Crippen molar-refractivity contribution in [3.8, 4) is 0 Å². The molecule has 2 aromatic heterocycles. The summed E-state index contributed by atoms with van der Waals surface area (Å²) in [6, 6.07) is 8.10. The fourth-order valence-corrected chi connectivity index (χ4v) is 2.46. The lowest BCUT2D eigenvalue weighted by Gasteiger charge is -2.04. The normalized spacial score (nSPS) is 10.9. The number of aryl methyl sites for hydroxylation is 1. The van der Waals surface area contributed by atoms with Gasteiger partial charge in [-0.25, -0.2) is 0 Å². The molecule has 0 aliphatic rings. The van der Waals surface area contributed by atoms with Crippen molar-refractivity contribution in [1.29, 1.82) is 0 Å². The lowest BCUT2D eigenvalue weighted by Crippen LogP contribution is -2.29. The van der Waals surface area contributed by atoms with E-state index >= 15 is 0 Å². The van der Waals surface area contributed by atoms with Crippen LogP contribution < -0.4 is 5.32 Å². The minimum atomic E-state index is 0.0125. The zero-order valence-electron chi connectivity index (χ0n) is 11.9. The molecular weight excluding hydrogens is 266 g/mol. The van der Waals surface area contributed by atoms with Crippen LogP contribution in [0.4, 0.5) is 0 Å². The van der Waals surface area contributed by atoms with Gasteiger partial charge in [-0.1, -0.05) is 18.2 Å². The summed E-state index contributed by atoms with van der Waals surface area (Å²) < 4.78 is 2.05. The summed E-state index contributed by atoms with van der Waals surface area (Å²) >= 11 is 0. The van der Waals surface area contributed by atoms with Gasteiger partial charge in [0.2, 0.25) is 5.91 Å². The van der Waals surface area contributed by atoms with Crippen LogP contribution in [-0.4, -0.2) is 32.0 Å². The number of amides is 1. The molecule has 0 radical (unpaired) electrons. The van der Waals surface area contributed by atoms with Gasteiger partial charge in [-0.05, 0) is 11.6 Å². The predicted octanol–water partition coefficient (Wildman–Crippen LogP) is 1.13. The standard InChI is InChI=1S/C15H17N5O/c1-19-11-12(13-4-2-3-5-14(13)19)10-15(21)16-8-9-20-17-6-7-18-20/h2-7,11H,8-10H2,1H3,(H,16,21). The van der Waals surface area contributed by atoms with Gasteiger partial charge in [0.25, 0.3) is 0 Å². The molecule has 21 heavy (non-hydrogen) atoms. The van der Waals surface area contributed by atoms with E-state index in [2.05, 4.69) is 21.6 Å². The highest BCUT2D eigenvalue weighted by Gasteiger charge is 2.10. The molecule has 1 aromatic carbocycles. The van der Waals surface area contributed by atoms with Gasteiger partial charge in [0.15, 0.2) is 0 Å². The topological polar surface area (TPSA) is 64.7 Å². The van der Waals surface area contributed by atoms with E-state index < -0.39 is 0 Å². The number of carbonyl (C=O) groups excluding carboxylic acids is 1. The highest BCUT2D eigenvalue weighted by molar-refractivity contribution is 5.89. The molecule has 0 saturated carbocycles. The number of benzene rings is 1. The number of nitrogens with zero attached hydrogens (tertiary/aromatic N) is 4. The molecule has 0 atom stereocenters. The van der Waals surface area contributed by atoms with E-state index in [9.17, 15) is 4.79 Å². The highest BCUT2D eigenvalue weighted by atomic mass is 16.1. The Morgan fingerprint density at radius 2 is 2.00 bits per heavy atom. The van der Waals surface area contributed by atoms with Crippen molar-refractivity contribution < 1.29 is 4.79 Å². The number of carbonyl (C=O) groups is 1. The summed E-state index contributed by atoms with van der Waals surface area (Å²) in [4.78, 5) is 13.6. The first-order valence-corrected chi connectivity index (χ1v) is 6.88. The van der Waals surface area contributed by atoms with Crippen LogP contribution in [-0.2, 0) is 24.8 Å². The van der Waals surface area contributed by atoms with E-state index in [1.807, 2.05) is 36.0 Å². The van der Waals surface area contributed by atoms with Crippen LogP contribution >= 0.6 is 0 Å². The third-order valence-electron chi connectivity index (χ3n) is 3.43. The van der Waals surface area contributed by atoms with Crippen LogP contribution in [0, 0.1) is 0 Å². The number of rotatable bonds is 5. The smallest absolute Gasteiger partial charge is 0.224 e. The van der Waals surface area contributed by atoms with Gasteiger partial charge in [-0.3, -0.25) is 4.79 Å². The third-order valence-corrected chi connectivity index (χ3v) is 3.43. The van der Waals surface area contributed by atoms with Gasteiger partial charge in [0, 0.05) is 30.7 Å².